The molecular weight excluding hydrogens is 344 g/mol. The van der Waals surface area contributed by atoms with Crippen LogP contribution in [0.3, 0.4) is 0 Å². The molecule has 5 nitrogen and oxygen atoms in total. The van der Waals surface area contributed by atoms with Crippen LogP contribution >= 0.6 is 0 Å². The third-order valence-electron chi connectivity index (χ3n) is 7.89. The van der Waals surface area contributed by atoms with Crippen molar-refractivity contribution in [1.29, 1.82) is 0 Å². The number of ether oxygens (including phenoxy) is 2. The molecular formula is C22H32O5. The van der Waals surface area contributed by atoms with Crippen LogP contribution in [0, 0.1) is 34.5 Å². The second-order valence-corrected chi connectivity index (χ2v) is 8.85. The molecule has 0 saturated heterocycles. The monoisotopic (exact) mass is 376 g/mol. The minimum absolute atomic E-state index is 0.0224. The zero-order chi connectivity index (χ0) is 20.0. The Morgan fingerprint density at radius 1 is 1.37 bits per heavy atom. The summed E-state index contributed by atoms with van der Waals surface area (Å²) in [5.41, 5.74) is -0.905. The molecule has 3 aliphatic carbocycles. The molecule has 27 heavy (non-hydrogen) atoms. The van der Waals surface area contributed by atoms with Gasteiger partial charge in [0, 0.05) is 18.9 Å². The van der Waals surface area contributed by atoms with Crippen LogP contribution in [0.15, 0.2) is 11.6 Å². The van der Waals surface area contributed by atoms with Crippen molar-refractivity contribution in [3.8, 4) is 0 Å². The molecule has 3 rings (SSSR count). The summed E-state index contributed by atoms with van der Waals surface area (Å²) in [6.45, 7) is 8.18. The highest BCUT2D eigenvalue weighted by molar-refractivity contribution is 6.05. The van der Waals surface area contributed by atoms with E-state index in [4.69, 9.17) is 9.47 Å². The summed E-state index contributed by atoms with van der Waals surface area (Å²) in [6, 6.07) is 0. The van der Waals surface area contributed by atoms with Crippen molar-refractivity contribution in [3.05, 3.63) is 11.6 Å². The van der Waals surface area contributed by atoms with E-state index >= 15 is 0 Å². The van der Waals surface area contributed by atoms with Crippen LogP contribution in [-0.4, -0.2) is 37.9 Å². The van der Waals surface area contributed by atoms with Gasteiger partial charge in [-0.1, -0.05) is 25.5 Å². The predicted molar refractivity (Wildman–Crippen MR) is 101 cm³/mol. The van der Waals surface area contributed by atoms with Gasteiger partial charge in [0.25, 0.3) is 0 Å². The molecule has 0 heterocycles. The summed E-state index contributed by atoms with van der Waals surface area (Å²) in [6.07, 6.45) is 5.65. The van der Waals surface area contributed by atoms with Gasteiger partial charge in [-0.2, -0.15) is 0 Å². The first-order chi connectivity index (χ1) is 12.8. The van der Waals surface area contributed by atoms with Crippen LogP contribution in [0.4, 0.5) is 0 Å². The van der Waals surface area contributed by atoms with Crippen LogP contribution in [0.1, 0.15) is 53.4 Å². The van der Waals surface area contributed by atoms with E-state index in [1.165, 1.54) is 0 Å². The average Bonchev–Trinajstić information content (AvgIpc) is 2.63. The number of aldehydes is 1. The van der Waals surface area contributed by atoms with Crippen molar-refractivity contribution >= 4 is 18.0 Å². The molecule has 0 amide bonds. The topological polar surface area (TPSA) is 69.7 Å². The highest BCUT2D eigenvalue weighted by Gasteiger charge is 2.68. The first kappa shape index (κ1) is 20.2. The molecule has 2 fully saturated rings. The number of carbonyl (C=O) groups excluding carboxylic acids is 3. The van der Waals surface area contributed by atoms with Gasteiger partial charge < -0.3 is 14.3 Å². The fourth-order valence-electron chi connectivity index (χ4n) is 6.57. The molecule has 7 atom stereocenters. The zero-order valence-electron chi connectivity index (χ0n) is 17.1. The number of methoxy groups -OCH3 is 1. The number of ketones is 1. The predicted octanol–water partition coefficient (Wildman–Crippen LogP) is 3.36. The Bertz CT molecular complexity index is 668. The number of esters is 1. The minimum atomic E-state index is -1.34. The lowest BCUT2D eigenvalue weighted by Crippen LogP contribution is -2.66. The molecule has 0 spiro atoms. The van der Waals surface area contributed by atoms with Crippen LogP contribution in [-0.2, 0) is 23.9 Å². The molecule has 0 aromatic heterocycles. The molecule has 3 aliphatic rings. The number of fused-ring (bicyclic) bond motifs is 3. The summed E-state index contributed by atoms with van der Waals surface area (Å²) in [5.74, 6) is -1.08. The first-order valence-corrected chi connectivity index (χ1v) is 10.1. The number of carbonyl (C=O) groups is 3. The second-order valence-electron chi connectivity index (χ2n) is 8.85. The second kappa shape index (κ2) is 7.16. The molecule has 150 valence electrons. The van der Waals surface area contributed by atoms with Gasteiger partial charge in [-0.25, -0.2) is 0 Å². The van der Waals surface area contributed by atoms with Crippen molar-refractivity contribution in [2.75, 3.05) is 13.7 Å². The number of hydrogen-bond donors (Lipinski definition) is 0. The third-order valence-corrected chi connectivity index (χ3v) is 7.89. The number of allylic oxidation sites excluding steroid dienone is 1. The molecule has 0 bridgehead atoms. The maximum Gasteiger partial charge on any atom is 0.314 e. The van der Waals surface area contributed by atoms with Crippen molar-refractivity contribution in [2.45, 2.75) is 59.5 Å². The van der Waals surface area contributed by atoms with Gasteiger partial charge in [-0.05, 0) is 50.9 Å². The van der Waals surface area contributed by atoms with Gasteiger partial charge in [-0.3, -0.25) is 9.59 Å². The lowest BCUT2D eigenvalue weighted by atomic mass is 9.40. The minimum Gasteiger partial charge on any atom is -0.465 e. The van der Waals surface area contributed by atoms with Crippen molar-refractivity contribution in [2.24, 2.45) is 34.5 Å². The summed E-state index contributed by atoms with van der Waals surface area (Å²) in [4.78, 5) is 38.9. The summed E-state index contributed by atoms with van der Waals surface area (Å²) >= 11 is 0. The normalized spacial score (nSPS) is 44.0. The van der Waals surface area contributed by atoms with E-state index in [1.807, 2.05) is 13.0 Å². The molecule has 0 N–H and O–H groups in total. The SMILES string of the molecule is CCOC(=O)[C@@H]1C(C)=CC[C@@H]2[C@@]1(C=O)C(=O)C[C@H]1[C@H](C)CC[C@@H](OC)[C@]21C. The Morgan fingerprint density at radius 3 is 2.67 bits per heavy atom. The van der Waals surface area contributed by atoms with Crippen molar-refractivity contribution in [1.82, 2.24) is 0 Å². The summed E-state index contributed by atoms with van der Waals surface area (Å²) < 4.78 is 11.2. The number of hydrogen-bond acceptors (Lipinski definition) is 5. The Morgan fingerprint density at radius 2 is 2.07 bits per heavy atom. The molecule has 0 aliphatic heterocycles. The van der Waals surface area contributed by atoms with Crippen LogP contribution in [0.5, 0.6) is 0 Å². The van der Waals surface area contributed by atoms with E-state index in [2.05, 4.69) is 13.8 Å². The van der Waals surface area contributed by atoms with E-state index in [0.717, 1.165) is 24.7 Å². The van der Waals surface area contributed by atoms with Crippen molar-refractivity contribution < 1.29 is 23.9 Å². The Balaban J connectivity index is 2.19. The Hall–Kier alpha value is -1.49. The summed E-state index contributed by atoms with van der Waals surface area (Å²) in [7, 11) is 1.72. The summed E-state index contributed by atoms with van der Waals surface area (Å²) in [5, 5.41) is 0. The third kappa shape index (κ3) is 2.65. The van der Waals surface area contributed by atoms with E-state index in [-0.39, 0.29) is 35.7 Å². The lowest BCUT2D eigenvalue weighted by Gasteiger charge is -2.62. The standard InChI is InChI=1S/C22H32O5/c1-6-27-20(25)19-14(3)7-9-16-21(4)15(11-17(24)22(16,19)12-23)13(2)8-10-18(21)26-5/h7,12-13,15-16,18-19H,6,8-11H2,1-5H3/t13-,15+,16+,18-,19+,21+,22+/m1/s1. The maximum absolute atomic E-state index is 13.5. The average molecular weight is 376 g/mol. The zero-order valence-corrected chi connectivity index (χ0v) is 17.1. The first-order valence-electron chi connectivity index (χ1n) is 10.1. The number of rotatable bonds is 4. The fraction of sp³-hybridized carbons (Fsp3) is 0.773. The smallest absolute Gasteiger partial charge is 0.314 e. The maximum atomic E-state index is 13.5. The fourth-order valence-corrected chi connectivity index (χ4v) is 6.57. The molecule has 0 unspecified atom stereocenters. The van der Waals surface area contributed by atoms with Gasteiger partial charge in [0.1, 0.15) is 17.5 Å². The van der Waals surface area contributed by atoms with Crippen LogP contribution in [0.2, 0.25) is 0 Å². The van der Waals surface area contributed by atoms with Crippen molar-refractivity contribution in [3.63, 3.8) is 0 Å². The molecule has 0 aromatic carbocycles. The Labute approximate surface area is 161 Å². The molecule has 2 saturated carbocycles. The van der Waals surface area contributed by atoms with Gasteiger partial charge in [0.2, 0.25) is 0 Å². The lowest BCUT2D eigenvalue weighted by molar-refractivity contribution is -0.197. The highest BCUT2D eigenvalue weighted by atomic mass is 16.5. The molecule has 5 heteroatoms. The van der Waals surface area contributed by atoms with Gasteiger partial charge >= 0.3 is 5.97 Å². The largest absolute Gasteiger partial charge is 0.465 e. The van der Waals surface area contributed by atoms with E-state index in [9.17, 15) is 14.4 Å². The van der Waals surface area contributed by atoms with Crippen LogP contribution in [0.25, 0.3) is 0 Å². The van der Waals surface area contributed by atoms with Gasteiger partial charge in [0.15, 0.2) is 0 Å². The Kier molecular flexibility index (Phi) is 5.37. The van der Waals surface area contributed by atoms with Gasteiger partial charge in [0.05, 0.1) is 18.6 Å². The molecule has 0 aromatic rings. The van der Waals surface area contributed by atoms with E-state index in [0.29, 0.717) is 18.8 Å². The van der Waals surface area contributed by atoms with E-state index in [1.54, 1.807) is 14.0 Å². The molecule has 0 radical (unpaired) electrons. The quantitative estimate of drug-likeness (QED) is 0.326. The van der Waals surface area contributed by atoms with Crippen LogP contribution < -0.4 is 0 Å². The number of Topliss-reactive ketones (excluding diaryl/α,β-unsaturated/α-hetero) is 1. The van der Waals surface area contributed by atoms with Gasteiger partial charge in [-0.15, -0.1) is 0 Å². The van der Waals surface area contributed by atoms with E-state index < -0.39 is 17.3 Å². The highest BCUT2D eigenvalue weighted by Crippen LogP contribution is 2.64.